The predicted molar refractivity (Wildman–Crippen MR) is 103 cm³/mol. The summed E-state index contributed by atoms with van der Waals surface area (Å²) in [6.07, 6.45) is 4.56. The molecule has 12 heteroatoms. The van der Waals surface area contributed by atoms with E-state index in [0.29, 0.717) is 29.9 Å². The summed E-state index contributed by atoms with van der Waals surface area (Å²) in [5.41, 5.74) is 1.64. The Morgan fingerprint density at radius 3 is 2.43 bits per heavy atom. The lowest BCUT2D eigenvalue weighted by molar-refractivity contribution is -0.486. The zero-order valence-electron chi connectivity index (χ0n) is 14.5. The highest BCUT2D eigenvalue weighted by Crippen LogP contribution is 2.14. The van der Waals surface area contributed by atoms with Gasteiger partial charge in [0.05, 0.1) is 0 Å². The van der Waals surface area contributed by atoms with Crippen LogP contribution in [0.5, 0.6) is 0 Å². The number of hydrazone groups is 1. The number of rotatable bonds is 7. The lowest BCUT2D eigenvalue weighted by atomic mass is 10.3. The Morgan fingerprint density at radius 1 is 1.14 bits per heavy atom. The zero-order valence-corrected chi connectivity index (χ0v) is 16.0. The van der Waals surface area contributed by atoms with E-state index >= 15 is 0 Å². The molecular weight excluding hydrogens is 409 g/mol. The standard InChI is InChI=1S/C16H15Cl2N7O3/c17-14-3-1-12(7-19-14)9-23-5-6-24(16(23)22-25(26)27)11-21-28-10-13-2-4-15(18)20-8-13/h1-4,7-8,11H,5-6,9-10H2. The largest absolute Gasteiger partial charge is 0.390 e. The van der Waals surface area contributed by atoms with Crippen LogP contribution in [0.1, 0.15) is 11.1 Å². The van der Waals surface area contributed by atoms with E-state index in [1.54, 1.807) is 46.5 Å². The number of aromatic nitrogens is 2. The van der Waals surface area contributed by atoms with Gasteiger partial charge in [0.15, 0.2) is 5.03 Å². The second kappa shape index (κ2) is 9.29. The topological polar surface area (TPSA) is 109 Å². The highest BCUT2D eigenvalue weighted by Gasteiger charge is 2.29. The van der Waals surface area contributed by atoms with Gasteiger partial charge in [-0.15, -0.1) is 0 Å². The van der Waals surface area contributed by atoms with Crippen molar-refractivity contribution in [3.05, 3.63) is 68.2 Å². The van der Waals surface area contributed by atoms with E-state index in [1.165, 1.54) is 6.34 Å². The first-order valence-electron chi connectivity index (χ1n) is 8.12. The molecule has 1 aliphatic rings. The average molecular weight is 424 g/mol. The van der Waals surface area contributed by atoms with E-state index in [4.69, 9.17) is 28.0 Å². The van der Waals surface area contributed by atoms with Crippen molar-refractivity contribution in [2.75, 3.05) is 13.1 Å². The van der Waals surface area contributed by atoms with E-state index in [-0.39, 0.29) is 12.6 Å². The first kappa shape index (κ1) is 19.8. The Morgan fingerprint density at radius 2 is 1.82 bits per heavy atom. The summed E-state index contributed by atoms with van der Waals surface area (Å²) >= 11 is 11.5. The zero-order chi connectivity index (χ0) is 19.9. The van der Waals surface area contributed by atoms with Crippen LogP contribution in [0.15, 0.2) is 46.9 Å². The molecule has 1 saturated heterocycles. The second-order valence-corrected chi connectivity index (χ2v) is 6.50. The number of guanidine groups is 1. The van der Waals surface area contributed by atoms with Crippen molar-refractivity contribution in [2.24, 2.45) is 10.3 Å². The van der Waals surface area contributed by atoms with Crippen molar-refractivity contribution < 1.29 is 9.87 Å². The van der Waals surface area contributed by atoms with Gasteiger partial charge in [-0.1, -0.05) is 40.5 Å². The third-order valence-corrected chi connectivity index (χ3v) is 4.21. The van der Waals surface area contributed by atoms with E-state index in [0.717, 1.165) is 11.1 Å². The summed E-state index contributed by atoms with van der Waals surface area (Å²) in [7, 11) is 0. The van der Waals surface area contributed by atoms with Crippen molar-refractivity contribution in [3.63, 3.8) is 0 Å². The molecule has 0 radical (unpaired) electrons. The molecule has 2 aromatic heterocycles. The summed E-state index contributed by atoms with van der Waals surface area (Å²) in [6.45, 7) is 1.60. The highest BCUT2D eigenvalue weighted by molar-refractivity contribution is 6.29. The summed E-state index contributed by atoms with van der Waals surface area (Å²) in [6, 6.07) is 6.88. The molecule has 3 heterocycles. The van der Waals surface area contributed by atoms with Crippen LogP contribution in [0.3, 0.4) is 0 Å². The van der Waals surface area contributed by atoms with Gasteiger partial charge in [-0.05, 0) is 17.7 Å². The summed E-state index contributed by atoms with van der Waals surface area (Å²) in [4.78, 5) is 27.4. The summed E-state index contributed by atoms with van der Waals surface area (Å²) in [5, 5.41) is 18.3. The molecule has 0 aliphatic carbocycles. The Hall–Kier alpha value is -2.98. The van der Waals surface area contributed by atoms with Crippen LogP contribution >= 0.6 is 23.2 Å². The minimum Gasteiger partial charge on any atom is -0.390 e. The number of oxime groups is 1. The quantitative estimate of drug-likeness (QED) is 0.221. The second-order valence-electron chi connectivity index (χ2n) is 5.73. The van der Waals surface area contributed by atoms with Gasteiger partial charge in [-0.3, -0.25) is 4.90 Å². The Labute approximate surface area is 170 Å². The number of pyridine rings is 2. The summed E-state index contributed by atoms with van der Waals surface area (Å²) in [5.74, 6) is 0.167. The van der Waals surface area contributed by atoms with Gasteiger partial charge in [0.2, 0.25) is 0 Å². The van der Waals surface area contributed by atoms with Gasteiger partial charge in [-0.2, -0.15) is 0 Å². The van der Waals surface area contributed by atoms with Crippen molar-refractivity contribution >= 4 is 35.5 Å². The van der Waals surface area contributed by atoms with Crippen LogP contribution in [0, 0.1) is 10.1 Å². The molecule has 28 heavy (non-hydrogen) atoms. The molecule has 0 saturated carbocycles. The molecule has 0 aromatic carbocycles. The highest BCUT2D eigenvalue weighted by atomic mass is 35.5. The number of nitrogens with zero attached hydrogens (tertiary/aromatic N) is 7. The van der Waals surface area contributed by atoms with Gasteiger partial charge >= 0.3 is 0 Å². The van der Waals surface area contributed by atoms with E-state index in [2.05, 4.69) is 20.2 Å². The molecule has 0 bridgehead atoms. The fraction of sp³-hybridized carbons (Fsp3) is 0.250. The third kappa shape index (κ3) is 5.51. The monoisotopic (exact) mass is 423 g/mol. The third-order valence-electron chi connectivity index (χ3n) is 3.76. The molecule has 0 spiro atoms. The minimum absolute atomic E-state index is 0.167. The molecule has 0 unspecified atom stereocenters. The van der Waals surface area contributed by atoms with Crippen molar-refractivity contribution in [2.45, 2.75) is 13.2 Å². The fourth-order valence-corrected chi connectivity index (χ4v) is 2.70. The maximum atomic E-state index is 10.9. The van der Waals surface area contributed by atoms with Crippen LogP contribution in [0.4, 0.5) is 0 Å². The molecule has 146 valence electrons. The van der Waals surface area contributed by atoms with Crippen LogP contribution in [-0.2, 0) is 18.0 Å². The first-order valence-corrected chi connectivity index (χ1v) is 8.88. The minimum atomic E-state index is -0.741. The Kier molecular flexibility index (Phi) is 6.56. The van der Waals surface area contributed by atoms with Crippen molar-refractivity contribution in [1.82, 2.24) is 19.8 Å². The Balaban J connectivity index is 1.62. The van der Waals surface area contributed by atoms with E-state index < -0.39 is 5.03 Å². The van der Waals surface area contributed by atoms with Crippen molar-refractivity contribution in [3.8, 4) is 0 Å². The molecule has 0 amide bonds. The van der Waals surface area contributed by atoms with Crippen molar-refractivity contribution in [1.29, 1.82) is 0 Å². The Bertz CT molecular complexity index is 875. The molecule has 1 fully saturated rings. The van der Waals surface area contributed by atoms with Crippen LogP contribution in [-0.4, -0.2) is 50.2 Å². The fourth-order valence-electron chi connectivity index (χ4n) is 2.48. The van der Waals surface area contributed by atoms with Crippen LogP contribution in [0.2, 0.25) is 10.3 Å². The van der Waals surface area contributed by atoms with Gasteiger partial charge in [0.25, 0.3) is 5.96 Å². The summed E-state index contributed by atoms with van der Waals surface area (Å²) < 4.78 is 0. The van der Waals surface area contributed by atoms with Gasteiger partial charge in [0.1, 0.15) is 28.4 Å². The van der Waals surface area contributed by atoms with E-state index in [1.807, 2.05) is 0 Å². The first-order chi connectivity index (χ1) is 13.5. The molecule has 0 atom stereocenters. The van der Waals surface area contributed by atoms with Gasteiger partial charge in [-0.25, -0.2) is 20.1 Å². The molecular formula is C16H15Cl2N7O3. The maximum absolute atomic E-state index is 10.9. The number of hydrogen-bond acceptors (Lipinski definition) is 6. The van der Waals surface area contributed by atoms with E-state index in [9.17, 15) is 10.1 Å². The average Bonchev–Trinajstić information content (AvgIpc) is 3.03. The van der Waals surface area contributed by atoms with Crippen LogP contribution in [0.25, 0.3) is 0 Å². The lowest BCUT2D eigenvalue weighted by Gasteiger charge is -2.17. The number of nitro groups is 1. The number of hydrogen-bond donors (Lipinski definition) is 0. The lowest BCUT2D eigenvalue weighted by Crippen LogP contribution is -2.33. The van der Waals surface area contributed by atoms with Crippen LogP contribution < -0.4 is 0 Å². The maximum Gasteiger partial charge on any atom is 0.279 e. The normalized spacial score (nSPS) is 15.6. The molecule has 0 N–H and O–H groups in total. The molecule has 10 nitrogen and oxygen atoms in total. The smallest absolute Gasteiger partial charge is 0.279 e. The van der Waals surface area contributed by atoms with Gasteiger partial charge < -0.3 is 9.74 Å². The molecule has 2 aromatic rings. The molecule has 3 rings (SSSR count). The molecule has 1 aliphatic heterocycles. The SMILES string of the molecule is O=[N+]([O-])N=C1N(C=NOCc2ccc(Cl)nc2)CCN1Cc1ccc(Cl)nc1. The predicted octanol–water partition coefficient (Wildman–Crippen LogP) is 2.61. The van der Waals surface area contributed by atoms with Gasteiger partial charge in [0, 0.05) is 37.6 Å². The number of halogens is 2.